The summed E-state index contributed by atoms with van der Waals surface area (Å²) in [6.45, 7) is 0. The molecule has 2 aromatic carbocycles. The van der Waals surface area contributed by atoms with Gasteiger partial charge in [0.05, 0.1) is 4.92 Å². The van der Waals surface area contributed by atoms with Crippen molar-refractivity contribution in [2.75, 3.05) is 5.32 Å². The van der Waals surface area contributed by atoms with Crippen molar-refractivity contribution < 1.29 is 14.5 Å². The number of non-ortho nitro benzene ring substituents is 1. The Bertz CT molecular complexity index is 857. The zero-order valence-corrected chi connectivity index (χ0v) is 13.8. The van der Waals surface area contributed by atoms with Crippen molar-refractivity contribution in [2.45, 2.75) is 18.9 Å². The zero-order chi connectivity index (χ0) is 18.5. The number of nitro benzene ring substituents is 1. The third kappa shape index (κ3) is 4.32. The Labute approximate surface area is 149 Å². The first-order valence-electron chi connectivity index (χ1n) is 8.14. The minimum Gasteiger partial charge on any atom is -0.374 e. The number of nitro groups is 1. The van der Waals surface area contributed by atoms with Crippen LogP contribution >= 0.6 is 0 Å². The fraction of sp³-hybridized carbons (Fsp3) is 0.158. The second-order valence-electron chi connectivity index (χ2n) is 5.95. The van der Waals surface area contributed by atoms with Gasteiger partial charge in [-0.15, -0.1) is 0 Å². The molecule has 1 fully saturated rings. The largest absolute Gasteiger partial charge is 0.374 e. The maximum atomic E-state index is 11.8. The van der Waals surface area contributed by atoms with E-state index < -0.39 is 11.0 Å². The Hall–Kier alpha value is -3.48. The number of hydrogen-bond donors (Lipinski definition) is 2. The Morgan fingerprint density at radius 2 is 1.58 bits per heavy atom. The number of hydrogen-bond acceptors (Lipinski definition) is 5. The number of anilines is 1. The smallest absolute Gasteiger partial charge is 0.269 e. The van der Waals surface area contributed by atoms with Crippen LogP contribution in [0.1, 0.15) is 24.0 Å². The summed E-state index contributed by atoms with van der Waals surface area (Å²) in [6, 6.07) is 13.4. The summed E-state index contributed by atoms with van der Waals surface area (Å²) in [5, 5.41) is 16.1. The Morgan fingerprint density at radius 3 is 2.12 bits per heavy atom. The molecule has 7 nitrogen and oxygen atoms in total. The summed E-state index contributed by atoms with van der Waals surface area (Å²) >= 11 is 0. The second kappa shape index (κ2) is 7.60. The van der Waals surface area contributed by atoms with Crippen LogP contribution in [-0.2, 0) is 9.59 Å². The lowest BCUT2D eigenvalue weighted by molar-refractivity contribution is -0.384. The molecule has 7 heteroatoms. The average Bonchev–Trinajstić information content (AvgIpc) is 2.64. The van der Waals surface area contributed by atoms with Gasteiger partial charge in [-0.05, 0) is 41.8 Å². The van der Waals surface area contributed by atoms with E-state index in [9.17, 15) is 19.7 Å². The highest BCUT2D eigenvalue weighted by Crippen LogP contribution is 2.17. The molecule has 2 aromatic rings. The number of rotatable bonds is 5. The molecule has 1 saturated heterocycles. The first kappa shape index (κ1) is 17.3. The van der Waals surface area contributed by atoms with E-state index >= 15 is 0 Å². The van der Waals surface area contributed by atoms with Crippen LogP contribution < -0.4 is 10.6 Å². The van der Waals surface area contributed by atoms with Gasteiger partial charge in [0, 0.05) is 24.2 Å². The van der Waals surface area contributed by atoms with Gasteiger partial charge in [0.25, 0.3) is 5.69 Å². The van der Waals surface area contributed by atoms with E-state index in [4.69, 9.17) is 0 Å². The summed E-state index contributed by atoms with van der Waals surface area (Å²) in [5.74, 6) is -0.539. The molecule has 1 unspecified atom stereocenters. The van der Waals surface area contributed by atoms with Gasteiger partial charge in [-0.25, -0.2) is 0 Å². The molecule has 1 atom stereocenters. The Kier molecular flexibility index (Phi) is 5.07. The third-order valence-corrected chi connectivity index (χ3v) is 4.06. The van der Waals surface area contributed by atoms with Gasteiger partial charge in [0.1, 0.15) is 6.04 Å². The van der Waals surface area contributed by atoms with Crippen LogP contribution in [0.4, 0.5) is 11.4 Å². The summed E-state index contributed by atoms with van der Waals surface area (Å²) < 4.78 is 0. The topological polar surface area (TPSA) is 101 Å². The first-order valence-corrected chi connectivity index (χ1v) is 8.14. The van der Waals surface area contributed by atoms with Crippen LogP contribution in [0.25, 0.3) is 12.2 Å². The maximum Gasteiger partial charge on any atom is 0.269 e. The minimum atomic E-state index is -0.429. The van der Waals surface area contributed by atoms with E-state index in [-0.39, 0.29) is 17.5 Å². The van der Waals surface area contributed by atoms with Crippen molar-refractivity contribution in [3.8, 4) is 0 Å². The van der Waals surface area contributed by atoms with Crippen LogP contribution in [0.5, 0.6) is 0 Å². The van der Waals surface area contributed by atoms with Gasteiger partial charge in [-0.2, -0.15) is 0 Å². The summed E-state index contributed by atoms with van der Waals surface area (Å²) in [7, 11) is 0. The lowest BCUT2D eigenvalue weighted by Crippen LogP contribution is -2.47. The van der Waals surface area contributed by atoms with Crippen LogP contribution in [-0.4, -0.2) is 22.8 Å². The molecule has 1 aliphatic heterocycles. The molecule has 0 saturated carbocycles. The second-order valence-corrected chi connectivity index (χ2v) is 5.95. The normalized spacial score (nSPS) is 17.2. The average molecular weight is 351 g/mol. The Balaban J connectivity index is 1.61. The predicted molar refractivity (Wildman–Crippen MR) is 98.3 cm³/mol. The highest BCUT2D eigenvalue weighted by Gasteiger charge is 2.26. The van der Waals surface area contributed by atoms with Gasteiger partial charge < -0.3 is 5.32 Å². The lowest BCUT2D eigenvalue weighted by Gasteiger charge is -2.22. The molecule has 0 spiro atoms. The van der Waals surface area contributed by atoms with E-state index in [0.29, 0.717) is 12.8 Å². The maximum absolute atomic E-state index is 11.8. The quantitative estimate of drug-likeness (QED) is 0.373. The van der Waals surface area contributed by atoms with Gasteiger partial charge >= 0.3 is 0 Å². The molecule has 0 aromatic heterocycles. The van der Waals surface area contributed by atoms with Gasteiger partial charge in [0.15, 0.2) is 0 Å². The van der Waals surface area contributed by atoms with Crippen LogP contribution in [0.15, 0.2) is 48.5 Å². The summed E-state index contributed by atoms with van der Waals surface area (Å²) in [6.07, 6.45) is 4.58. The van der Waals surface area contributed by atoms with E-state index in [1.165, 1.54) is 12.1 Å². The monoisotopic (exact) mass is 351 g/mol. The molecule has 3 rings (SSSR count). The van der Waals surface area contributed by atoms with Gasteiger partial charge in [-0.3, -0.25) is 25.0 Å². The van der Waals surface area contributed by atoms with Crippen molar-refractivity contribution in [2.24, 2.45) is 0 Å². The van der Waals surface area contributed by atoms with E-state index in [1.54, 1.807) is 12.1 Å². The van der Waals surface area contributed by atoms with Crippen LogP contribution in [0, 0.1) is 10.1 Å². The number of imide groups is 1. The molecule has 1 aliphatic rings. The van der Waals surface area contributed by atoms with Crippen molar-refractivity contribution >= 4 is 35.3 Å². The summed E-state index contributed by atoms with van der Waals surface area (Å²) in [5.41, 5.74) is 2.68. The lowest BCUT2D eigenvalue weighted by atomic mass is 10.1. The first-order chi connectivity index (χ1) is 12.5. The SMILES string of the molecule is O=C1CCC(Nc2ccc(/C=C/c3ccc([N+](=O)[O-])cc3)cc2)C(=O)N1. The molecule has 2 N–H and O–H groups in total. The minimum absolute atomic E-state index is 0.0611. The van der Waals surface area contributed by atoms with Gasteiger partial charge in [-0.1, -0.05) is 24.3 Å². The number of benzene rings is 2. The number of piperidine rings is 1. The molecule has 0 radical (unpaired) electrons. The number of amides is 2. The fourth-order valence-corrected chi connectivity index (χ4v) is 2.62. The summed E-state index contributed by atoms with van der Waals surface area (Å²) in [4.78, 5) is 33.1. The molecule has 0 aliphatic carbocycles. The molecular formula is C19H17N3O4. The number of nitrogens with zero attached hydrogens (tertiary/aromatic N) is 1. The van der Waals surface area contributed by atoms with Crippen molar-refractivity contribution in [1.82, 2.24) is 5.32 Å². The van der Waals surface area contributed by atoms with Crippen molar-refractivity contribution in [3.05, 3.63) is 69.8 Å². The van der Waals surface area contributed by atoms with E-state index in [2.05, 4.69) is 10.6 Å². The van der Waals surface area contributed by atoms with Gasteiger partial charge in [0.2, 0.25) is 11.8 Å². The van der Waals surface area contributed by atoms with Crippen LogP contribution in [0.3, 0.4) is 0 Å². The van der Waals surface area contributed by atoms with E-state index in [1.807, 2.05) is 36.4 Å². The van der Waals surface area contributed by atoms with Crippen molar-refractivity contribution in [1.29, 1.82) is 0 Å². The van der Waals surface area contributed by atoms with Crippen LogP contribution in [0.2, 0.25) is 0 Å². The van der Waals surface area contributed by atoms with E-state index in [0.717, 1.165) is 16.8 Å². The standard InChI is InChI=1S/C19H17N3O4/c23-18-12-11-17(19(24)21-18)20-15-7-3-13(4-8-15)1-2-14-5-9-16(10-6-14)22(25)26/h1-10,17,20H,11-12H2,(H,21,23,24)/b2-1+. The third-order valence-electron chi connectivity index (χ3n) is 4.06. The van der Waals surface area contributed by atoms with Crippen molar-refractivity contribution in [3.63, 3.8) is 0 Å². The predicted octanol–water partition coefficient (Wildman–Crippen LogP) is 2.98. The molecule has 1 heterocycles. The fourth-order valence-electron chi connectivity index (χ4n) is 2.62. The number of nitrogens with one attached hydrogen (secondary N) is 2. The molecular weight excluding hydrogens is 334 g/mol. The number of carbonyl (C=O) groups is 2. The molecule has 26 heavy (non-hydrogen) atoms. The highest BCUT2D eigenvalue weighted by atomic mass is 16.6. The zero-order valence-electron chi connectivity index (χ0n) is 13.8. The Morgan fingerprint density at radius 1 is 1.00 bits per heavy atom. The molecule has 2 amide bonds. The number of carbonyl (C=O) groups excluding carboxylic acids is 2. The molecule has 0 bridgehead atoms. The molecule has 132 valence electrons. The highest BCUT2D eigenvalue weighted by molar-refractivity contribution is 6.01.